The highest BCUT2D eigenvalue weighted by Crippen LogP contribution is 2.30. The van der Waals surface area contributed by atoms with Gasteiger partial charge in [-0.15, -0.1) is 0 Å². The number of fused-ring (bicyclic) bond motifs is 1. The molecule has 0 spiro atoms. The number of rotatable bonds is 5. The smallest absolute Gasteiger partial charge is 0.322 e. The lowest BCUT2D eigenvalue weighted by atomic mass is 10.0. The number of nitrogens with one attached hydrogen (secondary N) is 2. The number of anilines is 2. The highest BCUT2D eigenvalue weighted by atomic mass is 19.4. The molecule has 0 bridgehead atoms. The summed E-state index contributed by atoms with van der Waals surface area (Å²) in [5, 5.41) is 4.31. The monoisotopic (exact) mass is 548 g/mol. The van der Waals surface area contributed by atoms with Crippen molar-refractivity contribution in [1.29, 1.82) is 0 Å². The van der Waals surface area contributed by atoms with Gasteiger partial charge in [0.2, 0.25) is 5.95 Å². The molecule has 0 saturated heterocycles. The molecule has 2 aromatic carbocycles. The normalized spacial score (nSPS) is 14.9. The number of aromatic nitrogens is 4. The summed E-state index contributed by atoms with van der Waals surface area (Å²) in [7, 11) is 1.56. The fourth-order valence-electron chi connectivity index (χ4n) is 4.09. The number of carbonyl (C=O) groups excluding carboxylic acids is 1. The van der Waals surface area contributed by atoms with Crippen molar-refractivity contribution < 1.29 is 18.0 Å². The van der Waals surface area contributed by atoms with Crippen LogP contribution < -0.4 is 16.3 Å². The number of benzene rings is 2. The lowest BCUT2D eigenvalue weighted by molar-refractivity contribution is -0.137. The molecule has 40 heavy (non-hydrogen) atoms. The second-order valence-corrected chi connectivity index (χ2v) is 9.08. The molecule has 1 aliphatic rings. The first kappa shape index (κ1) is 26.5. The number of amides is 1. The summed E-state index contributed by atoms with van der Waals surface area (Å²) in [4.78, 5) is 43.6. The van der Waals surface area contributed by atoms with Crippen molar-refractivity contribution in [2.75, 3.05) is 10.7 Å². The van der Waals surface area contributed by atoms with E-state index in [0.29, 0.717) is 22.3 Å². The predicted molar refractivity (Wildman–Crippen MR) is 145 cm³/mol. The van der Waals surface area contributed by atoms with E-state index in [9.17, 15) is 22.8 Å². The average molecular weight is 549 g/mol. The molecule has 10 nitrogen and oxygen atoms in total. The largest absolute Gasteiger partial charge is 0.416 e. The van der Waals surface area contributed by atoms with E-state index in [1.807, 2.05) is 6.92 Å². The predicted octanol–water partition coefficient (Wildman–Crippen LogP) is 4.54. The van der Waals surface area contributed by atoms with Gasteiger partial charge < -0.3 is 5.32 Å². The number of hydrogen-bond acceptors (Lipinski definition) is 8. The first-order chi connectivity index (χ1) is 19.0. The van der Waals surface area contributed by atoms with Gasteiger partial charge in [0.1, 0.15) is 17.4 Å². The minimum absolute atomic E-state index is 0.105. The van der Waals surface area contributed by atoms with Crippen LogP contribution in [-0.2, 0) is 13.2 Å². The maximum Gasteiger partial charge on any atom is 0.416 e. The maximum atomic E-state index is 13.4. The minimum atomic E-state index is -4.58. The first-order valence-electron chi connectivity index (χ1n) is 12.1. The van der Waals surface area contributed by atoms with E-state index in [0.717, 1.165) is 12.1 Å². The molecule has 1 amide bonds. The Hall–Kier alpha value is -5.07. The van der Waals surface area contributed by atoms with Crippen molar-refractivity contribution in [2.45, 2.75) is 26.2 Å². The SMILES string of the molecule is Cc1ccc(NC(=O)c2cccc(C(F)(F)F)c2)cc1-c1nc2cnc(NN3C=CC=NC3C)nc2n(C)c1=O. The van der Waals surface area contributed by atoms with Gasteiger partial charge in [-0.25, -0.2) is 9.97 Å². The van der Waals surface area contributed by atoms with Crippen LogP contribution in [0.5, 0.6) is 0 Å². The molecular formula is C27H23F3N8O2. The number of aliphatic imine (C=N–C) groups is 1. The van der Waals surface area contributed by atoms with E-state index in [-0.39, 0.29) is 29.1 Å². The zero-order chi connectivity index (χ0) is 28.6. The van der Waals surface area contributed by atoms with Crippen molar-refractivity contribution in [3.05, 3.63) is 88.0 Å². The Kier molecular flexibility index (Phi) is 6.80. The molecule has 2 aromatic heterocycles. The number of hydrogen-bond donors (Lipinski definition) is 2. The van der Waals surface area contributed by atoms with Crippen molar-refractivity contribution in [1.82, 2.24) is 24.5 Å². The summed E-state index contributed by atoms with van der Waals surface area (Å²) in [6, 6.07) is 8.96. The van der Waals surface area contributed by atoms with Crippen molar-refractivity contribution in [3.8, 4) is 11.3 Å². The number of nitrogens with zero attached hydrogens (tertiary/aromatic N) is 6. The number of halogens is 3. The molecule has 1 aliphatic heterocycles. The molecule has 1 atom stereocenters. The van der Waals surface area contributed by atoms with Crippen molar-refractivity contribution in [2.24, 2.45) is 12.0 Å². The Labute approximate surface area is 225 Å². The van der Waals surface area contributed by atoms with Crippen LogP contribution in [0.2, 0.25) is 0 Å². The third-order valence-corrected chi connectivity index (χ3v) is 6.28. The molecule has 3 heterocycles. The van der Waals surface area contributed by atoms with Crippen LogP contribution in [0, 0.1) is 6.92 Å². The summed E-state index contributed by atoms with van der Waals surface area (Å²) in [6.45, 7) is 3.66. The molecule has 204 valence electrons. The highest BCUT2D eigenvalue weighted by Gasteiger charge is 2.31. The van der Waals surface area contributed by atoms with Gasteiger partial charge in [0.25, 0.3) is 11.5 Å². The fourth-order valence-corrected chi connectivity index (χ4v) is 4.09. The van der Waals surface area contributed by atoms with Gasteiger partial charge in [0, 0.05) is 36.3 Å². The molecule has 0 saturated carbocycles. The second-order valence-electron chi connectivity index (χ2n) is 9.08. The van der Waals surface area contributed by atoms with Crippen LogP contribution in [0.4, 0.5) is 24.8 Å². The number of alkyl halides is 3. The molecule has 2 N–H and O–H groups in total. The Bertz CT molecular complexity index is 1750. The Morgan fingerprint density at radius 2 is 1.90 bits per heavy atom. The Morgan fingerprint density at radius 1 is 1.10 bits per heavy atom. The summed E-state index contributed by atoms with van der Waals surface area (Å²) >= 11 is 0. The average Bonchev–Trinajstić information content (AvgIpc) is 2.93. The Morgan fingerprint density at radius 3 is 2.65 bits per heavy atom. The molecular weight excluding hydrogens is 525 g/mol. The highest BCUT2D eigenvalue weighted by molar-refractivity contribution is 6.04. The lowest BCUT2D eigenvalue weighted by Gasteiger charge is -2.26. The van der Waals surface area contributed by atoms with Crippen molar-refractivity contribution >= 4 is 34.9 Å². The summed E-state index contributed by atoms with van der Waals surface area (Å²) in [6.07, 6.45) is 1.96. The zero-order valence-corrected chi connectivity index (χ0v) is 21.6. The van der Waals surface area contributed by atoms with Crippen LogP contribution >= 0.6 is 0 Å². The van der Waals surface area contributed by atoms with Crippen LogP contribution in [0.25, 0.3) is 22.4 Å². The molecule has 0 fully saturated rings. The fraction of sp³-hybridized carbons (Fsp3) is 0.185. The standard InChI is InChI=1S/C27H23F3N8O2/c1-15-8-9-19(33-24(39)17-6-4-7-18(12-17)27(28,29)30)13-20(15)22-25(40)37(3)23-21(34-22)14-32-26(35-23)36-38-11-5-10-31-16(38)2/h4-14,16H,1-3H3,(H,33,39)(H,32,35,36). The molecule has 0 radical (unpaired) electrons. The van der Waals surface area contributed by atoms with Crippen LogP contribution in [0.15, 0.2) is 70.7 Å². The van der Waals surface area contributed by atoms with Crippen LogP contribution in [0.3, 0.4) is 0 Å². The summed E-state index contributed by atoms with van der Waals surface area (Å²) in [5.41, 5.74) is 3.72. The lowest BCUT2D eigenvalue weighted by Crippen LogP contribution is -2.34. The molecule has 13 heteroatoms. The third-order valence-electron chi connectivity index (χ3n) is 6.28. The third kappa shape index (κ3) is 5.25. The molecule has 1 unspecified atom stereocenters. The topological polar surface area (TPSA) is 117 Å². The van der Waals surface area contributed by atoms with Gasteiger partial charge in [-0.2, -0.15) is 18.2 Å². The number of aryl methyl sites for hydroxylation is 2. The van der Waals surface area contributed by atoms with Gasteiger partial charge >= 0.3 is 6.18 Å². The van der Waals surface area contributed by atoms with E-state index in [2.05, 4.69) is 30.7 Å². The van der Waals surface area contributed by atoms with Crippen LogP contribution in [0.1, 0.15) is 28.4 Å². The van der Waals surface area contributed by atoms with Gasteiger partial charge in [0.15, 0.2) is 5.65 Å². The van der Waals surface area contributed by atoms with Crippen LogP contribution in [-0.4, -0.2) is 42.8 Å². The van der Waals surface area contributed by atoms with E-state index in [4.69, 9.17) is 0 Å². The van der Waals surface area contributed by atoms with E-state index >= 15 is 0 Å². The van der Waals surface area contributed by atoms with Crippen molar-refractivity contribution in [3.63, 3.8) is 0 Å². The first-order valence-corrected chi connectivity index (χ1v) is 12.1. The summed E-state index contributed by atoms with van der Waals surface area (Å²) in [5.74, 6) is -0.474. The van der Waals surface area contributed by atoms with E-state index in [1.54, 1.807) is 55.7 Å². The van der Waals surface area contributed by atoms with Gasteiger partial charge in [-0.1, -0.05) is 12.1 Å². The van der Waals surface area contributed by atoms with Gasteiger partial charge in [0.05, 0.1) is 11.8 Å². The second kappa shape index (κ2) is 10.2. The number of allylic oxidation sites excluding steroid dienone is 1. The molecule has 5 rings (SSSR count). The Balaban J connectivity index is 1.45. The number of carbonyl (C=O) groups is 1. The van der Waals surface area contributed by atoms with E-state index < -0.39 is 23.2 Å². The summed E-state index contributed by atoms with van der Waals surface area (Å²) < 4.78 is 40.6. The maximum absolute atomic E-state index is 13.4. The van der Waals surface area contributed by atoms with Gasteiger partial charge in [-0.05, 0) is 55.8 Å². The van der Waals surface area contributed by atoms with Gasteiger partial charge in [-0.3, -0.25) is 29.6 Å². The molecule has 4 aromatic rings. The quantitative estimate of drug-likeness (QED) is 0.376. The minimum Gasteiger partial charge on any atom is -0.322 e. The zero-order valence-electron chi connectivity index (χ0n) is 21.6. The molecule has 0 aliphatic carbocycles. The number of hydrazine groups is 1. The van der Waals surface area contributed by atoms with E-state index in [1.165, 1.54) is 22.9 Å².